The van der Waals surface area contributed by atoms with Crippen LogP contribution in [-0.4, -0.2) is 39.5 Å². The summed E-state index contributed by atoms with van der Waals surface area (Å²) in [7, 11) is -1.87. The number of methoxy groups -OCH3 is 1. The van der Waals surface area contributed by atoms with Gasteiger partial charge in [-0.1, -0.05) is 39.8 Å². The van der Waals surface area contributed by atoms with Crippen molar-refractivity contribution in [2.24, 2.45) is 0 Å². The van der Waals surface area contributed by atoms with E-state index in [0.29, 0.717) is 24.6 Å². The summed E-state index contributed by atoms with van der Waals surface area (Å²) in [6, 6.07) is 7.29. The van der Waals surface area contributed by atoms with Crippen LogP contribution in [0.5, 0.6) is 0 Å². The van der Waals surface area contributed by atoms with Crippen LogP contribution in [0, 0.1) is 0 Å². The lowest BCUT2D eigenvalue weighted by molar-refractivity contribution is 0.179. The Morgan fingerprint density at radius 2 is 1.68 bits per heavy atom. The Kier molecular flexibility index (Phi) is 7.03. The molecule has 0 aliphatic carbocycles. The standard InChI is InChI=1S/C17H29NO3S/c1-6-12-18(13-14-21-5)22(19,20)16-10-8-15(9-11-16)17(3,4)7-2/h8-11H,6-7,12-14H2,1-5H3. The minimum Gasteiger partial charge on any atom is -0.383 e. The zero-order valence-electron chi connectivity index (χ0n) is 14.4. The van der Waals surface area contributed by atoms with E-state index in [0.717, 1.165) is 18.4 Å². The molecule has 0 aliphatic rings. The lowest BCUT2D eigenvalue weighted by Gasteiger charge is -2.25. The summed E-state index contributed by atoms with van der Waals surface area (Å²) in [5.74, 6) is 0. The summed E-state index contributed by atoms with van der Waals surface area (Å²) in [5.41, 5.74) is 1.22. The van der Waals surface area contributed by atoms with Crippen LogP contribution in [0.1, 0.15) is 46.1 Å². The van der Waals surface area contributed by atoms with E-state index in [4.69, 9.17) is 4.74 Å². The van der Waals surface area contributed by atoms with Crippen molar-refractivity contribution in [3.63, 3.8) is 0 Å². The Bertz CT molecular complexity index is 550. The molecule has 1 aromatic rings. The first-order valence-electron chi connectivity index (χ1n) is 7.89. The van der Waals surface area contributed by atoms with Crippen molar-refractivity contribution < 1.29 is 13.2 Å². The Labute approximate surface area is 135 Å². The van der Waals surface area contributed by atoms with Gasteiger partial charge in [0.25, 0.3) is 0 Å². The van der Waals surface area contributed by atoms with Gasteiger partial charge in [0.1, 0.15) is 0 Å². The van der Waals surface area contributed by atoms with Gasteiger partial charge < -0.3 is 4.74 Å². The van der Waals surface area contributed by atoms with Crippen LogP contribution in [0.15, 0.2) is 29.2 Å². The number of rotatable bonds is 9. The Balaban J connectivity index is 3.05. The van der Waals surface area contributed by atoms with Gasteiger partial charge in [-0.3, -0.25) is 0 Å². The maximum absolute atomic E-state index is 12.7. The molecule has 0 N–H and O–H groups in total. The molecule has 0 aromatic heterocycles. The molecule has 0 heterocycles. The molecule has 0 radical (unpaired) electrons. The summed E-state index contributed by atoms with van der Waals surface area (Å²) < 4.78 is 32.0. The van der Waals surface area contributed by atoms with Crippen LogP contribution in [0.3, 0.4) is 0 Å². The number of sulfonamides is 1. The highest BCUT2D eigenvalue weighted by Gasteiger charge is 2.24. The molecular formula is C17H29NO3S. The lowest BCUT2D eigenvalue weighted by atomic mass is 9.82. The molecule has 0 unspecified atom stereocenters. The van der Waals surface area contributed by atoms with Crippen molar-refractivity contribution in [1.29, 1.82) is 0 Å². The summed E-state index contributed by atoms with van der Waals surface area (Å²) in [4.78, 5) is 0.354. The van der Waals surface area contributed by atoms with E-state index < -0.39 is 10.0 Å². The van der Waals surface area contributed by atoms with E-state index in [-0.39, 0.29) is 5.41 Å². The molecule has 1 rings (SSSR count). The number of hydrogen-bond acceptors (Lipinski definition) is 3. The summed E-state index contributed by atoms with van der Waals surface area (Å²) in [5, 5.41) is 0. The van der Waals surface area contributed by atoms with Crippen LogP contribution < -0.4 is 0 Å². The molecular weight excluding hydrogens is 298 g/mol. The van der Waals surface area contributed by atoms with Gasteiger partial charge >= 0.3 is 0 Å². The second kappa shape index (κ2) is 8.09. The number of ether oxygens (including phenoxy) is 1. The van der Waals surface area contributed by atoms with Crippen molar-refractivity contribution in [2.45, 2.75) is 50.8 Å². The summed E-state index contributed by atoms with van der Waals surface area (Å²) in [6.45, 7) is 9.74. The van der Waals surface area contributed by atoms with Gasteiger partial charge in [0.15, 0.2) is 0 Å². The maximum Gasteiger partial charge on any atom is 0.243 e. The van der Waals surface area contributed by atoms with Crippen molar-refractivity contribution >= 4 is 10.0 Å². The largest absolute Gasteiger partial charge is 0.383 e. The number of hydrogen-bond donors (Lipinski definition) is 0. The van der Waals surface area contributed by atoms with Gasteiger partial charge in [-0.15, -0.1) is 0 Å². The third-order valence-electron chi connectivity index (χ3n) is 4.18. The summed E-state index contributed by atoms with van der Waals surface area (Å²) >= 11 is 0. The van der Waals surface area contributed by atoms with Crippen LogP contribution in [-0.2, 0) is 20.2 Å². The maximum atomic E-state index is 12.7. The van der Waals surface area contributed by atoms with Gasteiger partial charge in [-0.2, -0.15) is 4.31 Å². The van der Waals surface area contributed by atoms with Crippen LogP contribution >= 0.6 is 0 Å². The average Bonchev–Trinajstić information content (AvgIpc) is 2.51. The van der Waals surface area contributed by atoms with Gasteiger partial charge in [0.2, 0.25) is 10.0 Å². The quantitative estimate of drug-likeness (QED) is 0.698. The molecule has 126 valence electrons. The highest BCUT2D eigenvalue weighted by molar-refractivity contribution is 7.89. The van der Waals surface area contributed by atoms with Gasteiger partial charge in [0, 0.05) is 20.2 Å². The molecule has 0 saturated heterocycles. The number of benzene rings is 1. The highest BCUT2D eigenvalue weighted by Crippen LogP contribution is 2.28. The Hall–Kier alpha value is -0.910. The lowest BCUT2D eigenvalue weighted by Crippen LogP contribution is -2.34. The third kappa shape index (κ3) is 4.54. The van der Waals surface area contributed by atoms with Gasteiger partial charge in [-0.05, 0) is 36.0 Å². The predicted molar refractivity (Wildman–Crippen MR) is 90.7 cm³/mol. The van der Waals surface area contributed by atoms with E-state index in [2.05, 4.69) is 20.8 Å². The zero-order valence-corrected chi connectivity index (χ0v) is 15.2. The van der Waals surface area contributed by atoms with Gasteiger partial charge in [0.05, 0.1) is 11.5 Å². The van der Waals surface area contributed by atoms with E-state index in [1.165, 1.54) is 4.31 Å². The predicted octanol–water partition coefficient (Wildman–Crippen LogP) is 3.42. The van der Waals surface area contributed by atoms with E-state index in [1.807, 2.05) is 19.1 Å². The molecule has 0 bridgehead atoms. The molecule has 1 aromatic carbocycles. The van der Waals surface area contributed by atoms with Crippen LogP contribution in [0.4, 0.5) is 0 Å². The first kappa shape index (κ1) is 19.1. The van der Waals surface area contributed by atoms with Crippen molar-refractivity contribution in [3.8, 4) is 0 Å². The van der Waals surface area contributed by atoms with Crippen LogP contribution in [0.2, 0.25) is 0 Å². The van der Waals surface area contributed by atoms with Gasteiger partial charge in [-0.25, -0.2) is 8.42 Å². The fourth-order valence-corrected chi connectivity index (χ4v) is 3.74. The molecule has 0 fully saturated rings. The fraction of sp³-hybridized carbons (Fsp3) is 0.647. The number of nitrogens with zero attached hydrogens (tertiary/aromatic N) is 1. The normalized spacial score (nSPS) is 12.8. The first-order chi connectivity index (χ1) is 10.3. The Morgan fingerprint density at radius 1 is 1.09 bits per heavy atom. The van der Waals surface area contributed by atoms with Crippen LogP contribution in [0.25, 0.3) is 0 Å². The van der Waals surface area contributed by atoms with Crippen molar-refractivity contribution in [1.82, 2.24) is 4.31 Å². The highest BCUT2D eigenvalue weighted by atomic mass is 32.2. The Morgan fingerprint density at radius 3 is 2.14 bits per heavy atom. The smallest absolute Gasteiger partial charge is 0.243 e. The minimum atomic E-state index is -3.45. The topological polar surface area (TPSA) is 46.6 Å². The SMILES string of the molecule is CCCN(CCOC)S(=O)(=O)c1ccc(C(C)(C)CC)cc1. The monoisotopic (exact) mass is 327 g/mol. The first-order valence-corrected chi connectivity index (χ1v) is 9.33. The molecule has 0 spiro atoms. The summed E-state index contributed by atoms with van der Waals surface area (Å²) in [6.07, 6.45) is 1.79. The van der Waals surface area contributed by atoms with E-state index in [1.54, 1.807) is 19.2 Å². The second-order valence-corrected chi connectivity index (χ2v) is 8.10. The molecule has 0 saturated carbocycles. The second-order valence-electron chi connectivity index (χ2n) is 6.16. The minimum absolute atomic E-state index is 0.0570. The van der Waals surface area contributed by atoms with Crippen molar-refractivity contribution in [2.75, 3.05) is 26.8 Å². The fourth-order valence-electron chi connectivity index (χ4n) is 2.23. The molecule has 0 amide bonds. The molecule has 0 aliphatic heterocycles. The molecule has 5 heteroatoms. The molecule has 4 nitrogen and oxygen atoms in total. The van der Waals surface area contributed by atoms with Crippen molar-refractivity contribution in [3.05, 3.63) is 29.8 Å². The third-order valence-corrected chi connectivity index (χ3v) is 6.09. The zero-order chi connectivity index (χ0) is 16.8. The molecule has 0 atom stereocenters. The van der Waals surface area contributed by atoms with E-state index in [9.17, 15) is 8.42 Å². The molecule has 22 heavy (non-hydrogen) atoms. The van der Waals surface area contributed by atoms with E-state index >= 15 is 0 Å². The average molecular weight is 327 g/mol.